The Morgan fingerprint density at radius 2 is 1.67 bits per heavy atom. The van der Waals surface area contributed by atoms with Gasteiger partial charge in [0.2, 0.25) is 0 Å². The number of nitrogens with zero attached hydrogens (tertiary/aromatic N) is 1. The van der Waals surface area contributed by atoms with Gasteiger partial charge in [-0.1, -0.05) is 24.3 Å². The monoisotopic (exact) mass is 123 g/mol. The van der Waals surface area contributed by atoms with Crippen LogP contribution in [0.15, 0.2) is 24.3 Å². The second kappa shape index (κ2) is 2.36. The first-order chi connectivity index (χ1) is 4.18. The lowest BCUT2D eigenvalue weighted by Crippen LogP contribution is -2.27. The van der Waals surface area contributed by atoms with Gasteiger partial charge in [0, 0.05) is 13.1 Å². The largest absolute Gasteiger partial charge is 0.299 e. The number of likely N-dealkylation sites (tertiary alicyclic amines) is 1. The van der Waals surface area contributed by atoms with Crippen molar-refractivity contribution in [1.82, 2.24) is 4.90 Å². The smallest absolute Gasteiger partial charge is 0.0193 e. The molecule has 0 atom stereocenters. The lowest BCUT2D eigenvalue weighted by atomic mass is 10.0. The van der Waals surface area contributed by atoms with Crippen LogP contribution >= 0.6 is 0 Å². The Balaban J connectivity index is 2.53. The molecule has 0 aromatic rings. The third-order valence-electron chi connectivity index (χ3n) is 1.49. The molecule has 1 aliphatic heterocycles. The molecule has 0 N–H and O–H groups in total. The van der Waals surface area contributed by atoms with Gasteiger partial charge in [0.05, 0.1) is 0 Å². The minimum atomic E-state index is 1.03. The molecule has 1 heterocycles. The summed E-state index contributed by atoms with van der Waals surface area (Å²) in [5.41, 5.74) is 2.57. The summed E-state index contributed by atoms with van der Waals surface area (Å²) in [6.07, 6.45) is 1.03. The van der Waals surface area contributed by atoms with E-state index in [-0.39, 0.29) is 0 Å². The highest BCUT2D eigenvalue weighted by Crippen LogP contribution is 2.15. The fourth-order valence-electron chi connectivity index (χ4n) is 1.28. The molecule has 0 saturated carbocycles. The van der Waals surface area contributed by atoms with Crippen molar-refractivity contribution in [2.24, 2.45) is 0 Å². The van der Waals surface area contributed by atoms with Gasteiger partial charge in [0.15, 0.2) is 0 Å². The quantitative estimate of drug-likeness (QED) is 0.440. The zero-order valence-corrected chi connectivity index (χ0v) is 5.98. The second-order valence-corrected chi connectivity index (χ2v) is 2.85. The van der Waals surface area contributed by atoms with Crippen molar-refractivity contribution >= 4 is 0 Å². The van der Waals surface area contributed by atoms with E-state index in [1.807, 2.05) is 0 Å². The minimum Gasteiger partial charge on any atom is -0.299 e. The SMILES string of the molecule is C=C1CC(=C)CN(C)C1. The fraction of sp³-hybridized carbons (Fsp3) is 0.500. The van der Waals surface area contributed by atoms with Crippen molar-refractivity contribution in [1.29, 1.82) is 0 Å². The Hall–Kier alpha value is -0.560. The van der Waals surface area contributed by atoms with Gasteiger partial charge in [-0.05, 0) is 13.5 Å². The Morgan fingerprint density at radius 3 is 2.00 bits per heavy atom. The van der Waals surface area contributed by atoms with Gasteiger partial charge >= 0.3 is 0 Å². The second-order valence-electron chi connectivity index (χ2n) is 2.85. The predicted octanol–water partition coefficient (Wildman–Crippen LogP) is 1.43. The average Bonchev–Trinajstić information content (AvgIpc) is 1.59. The van der Waals surface area contributed by atoms with Crippen molar-refractivity contribution in [3.05, 3.63) is 24.3 Å². The van der Waals surface area contributed by atoms with E-state index in [2.05, 4.69) is 25.1 Å². The molecule has 1 rings (SSSR count). The lowest BCUT2D eigenvalue weighted by molar-refractivity contribution is 0.368. The van der Waals surface area contributed by atoms with Crippen LogP contribution < -0.4 is 0 Å². The van der Waals surface area contributed by atoms with Gasteiger partial charge in [0.25, 0.3) is 0 Å². The molecule has 0 unspecified atom stereocenters. The highest BCUT2D eigenvalue weighted by molar-refractivity contribution is 5.16. The Labute approximate surface area is 56.7 Å². The third-order valence-corrected chi connectivity index (χ3v) is 1.49. The summed E-state index contributed by atoms with van der Waals surface area (Å²) in [7, 11) is 2.09. The molecule has 0 aliphatic carbocycles. The first-order valence-electron chi connectivity index (χ1n) is 3.20. The molecule has 9 heavy (non-hydrogen) atoms. The molecule has 50 valence electrons. The normalized spacial score (nSPS) is 22.8. The summed E-state index contributed by atoms with van der Waals surface area (Å²) in [4.78, 5) is 2.23. The number of likely N-dealkylation sites (N-methyl/N-ethyl adjacent to an activating group) is 1. The molecule has 0 radical (unpaired) electrons. The fourth-order valence-corrected chi connectivity index (χ4v) is 1.28. The van der Waals surface area contributed by atoms with Crippen LogP contribution in [0, 0.1) is 0 Å². The van der Waals surface area contributed by atoms with Crippen molar-refractivity contribution in [3.63, 3.8) is 0 Å². The molecule has 1 saturated heterocycles. The van der Waals surface area contributed by atoms with E-state index >= 15 is 0 Å². The summed E-state index contributed by atoms with van der Waals surface area (Å²) in [5, 5.41) is 0. The number of hydrogen-bond donors (Lipinski definition) is 0. The first kappa shape index (κ1) is 6.56. The van der Waals surface area contributed by atoms with Crippen LogP contribution in [0.5, 0.6) is 0 Å². The van der Waals surface area contributed by atoms with Crippen LogP contribution in [-0.4, -0.2) is 25.0 Å². The molecular formula is C8H13N. The molecule has 1 nitrogen and oxygen atoms in total. The summed E-state index contributed by atoms with van der Waals surface area (Å²) in [5.74, 6) is 0. The van der Waals surface area contributed by atoms with Crippen LogP contribution in [0.1, 0.15) is 6.42 Å². The Bertz CT molecular complexity index is 131. The van der Waals surface area contributed by atoms with Gasteiger partial charge in [-0.25, -0.2) is 0 Å². The predicted molar refractivity (Wildman–Crippen MR) is 40.4 cm³/mol. The molecule has 1 heteroatoms. The van der Waals surface area contributed by atoms with Crippen LogP contribution in [0.4, 0.5) is 0 Å². The van der Waals surface area contributed by atoms with Crippen LogP contribution in [0.2, 0.25) is 0 Å². The van der Waals surface area contributed by atoms with E-state index in [4.69, 9.17) is 0 Å². The van der Waals surface area contributed by atoms with E-state index < -0.39 is 0 Å². The van der Waals surface area contributed by atoms with Crippen LogP contribution in [0.3, 0.4) is 0 Å². The summed E-state index contributed by atoms with van der Waals surface area (Å²) >= 11 is 0. The Morgan fingerprint density at radius 1 is 1.22 bits per heavy atom. The van der Waals surface area contributed by atoms with Crippen molar-refractivity contribution in [3.8, 4) is 0 Å². The number of rotatable bonds is 0. The van der Waals surface area contributed by atoms with E-state index in [0.29, 0.717) is 0 Å². The molecule has 0 aromatic heterocycles. The average molecular weight is 123 g/mol. The summed E-state index contributed by atoms with van der Waals surface area (Å²) in [6.45, 7) is 9.91. The Kier molecular flexibility index (Phi) is 1.72. The van der Waals surface area contributed by atoms with E-state index in [0.717, 1.165) is 19.5 Å². The number of piperidine rings is 1. The van der Waals surface area contributed by atoms with Gasteiger partial charge in [-0.3, -0.25) is 4.90 Å². The van der Waals surface area contributed by atoms with E-state index in [1.165, 1.54) is 11.1 Å². The molecule has 0 aromatic carbocycles. The molecule has 1 aliphatic rings. The highest BCUT2D eigenvalue weighted by atomic mass is 15.1. The third kappa shape index (κ3) is 1.68. The molecule has 0 spiro atoms. The zero-order chi connectivity index (χ0) is 6.85. The molecule has 1 fully saturated rings. The molecule has 0 amide bonds. The van der Waals surface area contributed by atoms with E-state index in [1.54, 1.807) is 0 Å². The standard InChI is InChI=1S/C8H13N/c1-7-4-8(2)6-9(3)5-7/h1-2,4-6H2,3H3. The minimum absolute atomic E-state index is 1.03. The van der Waals surface area contributed by atoms with Crippen LogP contribution in [-0.2, 0) is 0 Å². The van der Waals surface area contributed by atoms with Gasteiger partial charge in [-0.2, -0.15) is 0 Å². The maximum atomic E-state index is 3.91. The van der Waals surface area contributed by atoms with Crippen molar-refractivity contribution < 1.29 is 0 Å². The van der Waals surface area contributed by atoms with Gasteiger partial charge in [-0.15, -0.1) is 0 Å². The summed E-state index contributed by atoms with van der Waals surface area (Å²) < 4.78 is 0. The number of hydrogen-bond acceptors (Lipinski definition) is 1. The molecular weight excluding hydrogens is 110 g/mol. The van der Waals surface area contributed by atoms with Gasteiger partial charge in [0.1, 0.15) is 0 Å². The topological polar surface area (TPSA) is 3.24 Å². The zero-order valence-electron chi connectivity index (χ0n) is 5.98. The highest BCUT2D eigenvalue weighted by Gasteiger charge is 2.10. The maximum Gasteiger partial charge on any atom is 0.0193 e. The van der Waals surface area contributed by atoms with E-state index in [9.17, 15) is 0 Å². The summed E-state index contributed by atoms with van der Waals surface area (Å²) in [6, 6.07) is 0. The van der Waals surface area contributed by atoms with Crippen molar-refractivity contribution in [2.45, 2.75) is 6.42 Å². The van der Waals surface area contributed by atoms with Crippen LogP contribution in [0.25, 0.3) is 0 Å². The van der Waals surface area contributed by atoms with Gasteiger partial charge < -0.3 is 0 Å². The van der Waals surface area contributed by atoms with Crippen molar-refractivity contribution in [2.75, 3.05) is 20.1 Å². The maximum absolute atomic E-state index is 3.91. The first-order valence-corrected chi connectivity index (χ1v) is 3.20. The lowest BCUT2D eigenvalue weighted by Gasteiger charge is -2.25. The molecule has 0 bridgehead atoms.